The second-order valence-electron chi connectivity index (χ2n) is 7.49. The summed E-state index contributed by atoms with van der Waals surface area (Å²) in [5.74, 6) is -0.131. The smallest absolute Gasteiger partial charge is 0.311 e. The predicted octanol–water partition coefficient (Wildman–Crippen LogP) is 4.15. The zero-order valence-electron chi connectivity index (χ0n) is 14.0. The molecule has 1 fully saturated rings. The normalized spacial score (nSPS) is 31.9. The summed E-state index contributed by atoms with van der Waals surface area (Å²) >= 11 is 0. The Morgan fingerprint density at radius 3 is 2.35 bits per heavy atom. The molecular formula is C16H30O3Si. The second kappa shape index (κ2) is 6.02. The Morgan fingerprint density at radius 1 is 1.35 bits per heavy atom. The SMILES string of the molecule is C=CC[C@@H]1OC(=O)[C@H](C)[C@@H](O[Si](C)(C)C(C)(C)C)[C@H]1C. The van der Waals surface area contributed by atoms with Crippen molar-refractivity contribution in [1.82, 2.24) is 0 Å². The number of carbonyl (C=O) groups is 1. The fraction of sp³-hybridized carbons (Fsp3) is 0.812. The van der Waals surface area contributed by atoms with Crippen molar-refractivity contribution in [2.45, 2.75) is 71.4 Å². The van der Waals surface area contributed by atoms with Gasteiger partial charge in [0.1, 0.15) is 6.10 Å². The molecule has 1 aliphatic rings. The standard InChI is InChI=1S/C16H30O3Si/c1-9-10-13-11(2)14(12(3)15(17)18-13)19-20(7,8)16(4,5)6/h9,11-14H,1,10H2,2-8H3/t11-,12+,13-,14-/m0/s1. The van der Waals surface area contributed by atoms with Gasteiger partial charge in [0.2, 0.25) is 0 Å². The van der Waals surface area contributed by atoms with Gasteiger partial charge in [-0.2, -0.15) is 0 Å². The third-order valence-corrected chi connectivity index (χ3v) is 9.35. The first-order chi connectivity index (χ1) is 9.01. The molecule has 4 atom stereocenters. The molecule has 1 aliphatic heterocycles. The third-order valence-electron chi connectivity index (χ3n) is 4.87. The van der Waals surface area contributed by atoms with Crippen LogP contribution in [0.15, 0.2) is 12.7 Å². The molecule has 0 radical (unpaired) electrons. The average molecular weight is 298 g/mol. The summed E-state index contributed by atoms with van der Waals surface area (Å²) in [4.78, 5) is 12.0. The molecule has 0 N–H and O–H groups in total. The highest BCUT2D eigenvalue weighted by molar-refractivity contribution is 6.74. The Labute approximate surface area is 124 Å². The Bertz CT molecular complexity index is 370. The van der Waals surface area contributed by atoms with E-state index in [0.717, 1.165) is 0 Å². The maximum absolute atomic E-state index is 12.0. The molecule has 1 rings (SSSR count). The number of cyclic esters (lactones) is 1. The summed E-state index contributed by atoms with van der Waals surface area (Å²) < 4.78 is 12.0. The van der Waals surface area contributed by atoms with Crippen LogP contribution in [0.25, 0.3) is 0 Å². The summed E-state index contributed by atoms with van der Waals surface area (Å²) in [7, 11) is -1.89. The first kappa shape index (κ1) is 17.4. The summed E-state index contributed by atoms with van der Waals surface area (Å²) in [6, 6.07) is 0. The first-order valence-corrected chi connectivity index (χ1v) is 10.4. The lowest BCUT2D eigenvalue weighted by Crippen LogP contribution is -2.54. The zero-order valence-corrected chi connectivity index (χ0v) is 15.0. The summed E-state index contributed by atoms with van der Waals surface area (Å²) in [6.45, 7) is 18.9. The van der Waals surface area contributed by atoms with Crippen LogP contribution in [-0.4, -0.2) is 26.5 Å². The van der Waals surface area contributed by atoms with Gasteiger partial charge in [-0.3, -0.25) is 4.79 Å². The molecule has 0 aromatic rings. The molecule has 4 heteroatoms. The molecule has 0 amide bonds. The van der Waals surface area contributed by atoms with E-state index in [1.165, 1.54) is 0 Å². The number of esters is 1. The largest absolute Gasteiger partial charge is 0.461 e. The van der Waals surface area contributed by atoms with Gasteiger partial charge in [-0.25, -0.2) is 0 Å². The Morgan fingerprint density at radius 2 is 1.90 bits per heavy atom. The Kier molecular flexibility index (Phi) is 5.25. The summed E-state index contributed by atoms with van der Waals surface area (Å²) in [5.41, 5.74) is 0. The number of rotatable bonds is 4. The maximum Gasteiger partial charge on any atom is 0.311 e. The molecular weight excluding hydrogens is 268 g/mol. The van der Waals surface area contributed by atoms with Crippen molar-refractivity contribution in [3.63, 3.8) is 0 Å². The molecule has 116 valence electrons. The molecule has 1 heterocycles. The molecule has 3 nitrogen and oxygen atoms in total. The van der Waals surface area contributed by atoms with Crippen LogP contribution >= 0.6 is 0 Å². The van der Waals surface area contributed by atoms with Crippen LogP contribution in [0.3, 0.4) is 0 Å². The predicted molar refractivity (Wildman–Crippen MR) is 85.1 cm³/mol. The van der Waals surface area contributed by atoms with E-state index in [-0.39, 0.29) is 35.1 Å². The molecule has 0 bridgehead atoms. The number of hydrogen-bond donors (Lipinski definition) is 0. The van der Waals surface area contributed by atoms with Gasteiger partial charge in [0.25, 0.3) is 0 Å². The van der Waals surface area contributed by atoms with E-state index >= 15 is 0 Å². The number of hydrogen-bond acceptors (Lipinski definition) is 3. The molecule has 0 saturated carbocycles. The quantitative estimate of drug-likeness (QED) is 0.444. The van der Waals surface area contributed by atoms with Gasteiger partial charge < -0.3 is 9.16 Å². The molecule has 0 unspecified atom stereocenters. The van der Waals surface area contributed by atoms with Crippen LogP contribution in [-0.2, 0) is 14.0 Å². The van der Waals surface area contributed by atoms with Crippen LogP contribution in [0.1, 0.15) is 41.0 Å². The van der Waals surface area contributed by atoms with Gasteiger partial charge in [0.15, 0.2) is 8.32 Å². The van der Waals surface area contributed by atoms with Crippen molar-refractivity contribution >= 4 is 14.3 Å². The third kappa shape index (κ3) is 3.53. The lowest BCUT2D eigenvalue weighted by atomic mass is 9.85. The zero-order chi connectivity index (χ0) is 15.7. The lowest BCUT2D eigenvalue weighted by molar-refractivity contribution is -0.175. The van der Waals surface area contributed by atoms with Crippen LogP contribution in [0, 0.1) is 11.8 Å². The van der Waals surface area contributed by atoms with Gasteiger partial charge in [-0.15, -0.1) is 6.58 Å². The van der Waals surface area contributed by atoms with Crippen LogP contribution in [0.5, 0.6) is 0 Å². The van der Waals surface area contributed by atoms with Gasteiger partial charge in [-0.05, 0) is 25.1 Å². The van der Waals surface area contributed by atoms with E-state index in [2.05, 4.69) is 47.4 Å². The number of ether oxygens (including phenoxy) is 1. The molecule has 20 heavy (non-hydrogen) atoms. The van der Waals surface area contributed by atoms with Crippen molar-refractivity contribution in [3.8, 4) is 0 Å². The molecule has 0 aromatic heterocycles. The highest BCUT2D eigenvalue weighted by atomic mass is 28.4. The van der Waals surface area contributed by atoms with Crippen molar-refractivity contribution in [3.05, 3.63) is 12.7 Å². The van der Waals surface area contributed by atoms with E-state index in [1.54, 1.807) is 0 Å². The minimum absolute atomic E-state index is 0.0536. The van der Waals surface area contributed by atoms with Gasteiger partial charge in [-0.1, -0.05) is 33.8 Å². The molecule has 0 spiro atoms. The number of carbonyl (C=O) groups excluding carboxylic acids is 1. The van der Waals surface area contributed by atoms with E-state index in [1.807, 2.05) is 13.0 Å². The fourth-order valence-corrected chi connectivity index (χ4v) is 3.77. The van der Waals surface area contributed by atoms with Gasteiger partial charge >= 0.3 is 5.97 Å². The highest BCUT2D eigenvalue weighted by Crippen LogP contribution is 2.41. The fourth-order valence-electron chi connectivity index (χ4n) is 2.32. The van der Waals surface area contributed by atoms with Gasteiger partial charge in [0.05, 0.1) is 12.0 Å². The van der Waals surface area contributed by atoms with Crippen molar-refractivity contribution < 1.29 is 14.0 Å². The van der Waals surface area contributed by atoms with E-state index < -0.39 is 8.32 Å². The van der Waals surface area contributed by atoms with Crippen LogP contribution in [0.2, 0.25) is 18.1 Å². The average Bonchev–Trinajstić information content (AvgIpc) is 2.30. The van der Waals surface area contributed by atoms with Crippen LogP contribution in [0.4, 0.5) is 0 Å². The minimum Gasteiger partial charge on any atom is -0.461 e. The van der Waals surface area contributed by atoms with E-state index in [9.17, 15) is 4.79 Å². The Balaban J connectivity index is 2.95. The van der Waals surface area contributed by atoms with Gasteiger partial charge in [0, 0.05) is 12.3 Å². The molecule has 1 saturated heterocycles. The minimum atomic E-state index is -1.89. The maximum atomic E-state index is 12.0. The first-order valence-electron chi connectivity index (χ1n) is 7.50. The molecule has 0 aliphatic carbocycles. The molecule has 0 aromatic carbocycles. The lowest BCUT2D eigenvalue weighted by Gasteiger charge is -2.46. The summed E-state index contributed by atoms with van der Waals surface area (Å²) in [5, 5.41) is 0.141. The van der Waals surface area contributed by atoms with Crippen LogP contribution < -0.4 is 0 Å². The topological polar surface area (TPSA) is 35.5 Å². The summed E-state index contributed by atoms with van der Waals surface area (Å²) in [6.07, 6.45) is 2.35. The highest BCUT2D eigenvalue weighted by Gasteiger charge is 2.47. The van der Waals surface area contributed by atoms with E-state index in [4.69, 9.17) is 9.16 Å². The van der Waals surface area contributed by atoms with Crippen molar-refractivity contribution in [2.24, 2.45) is 11.8 Å². The van der Waals surface area contributed by atoms with Crippen molar-refractivity contribution in [2.75, 3.05) is 0 Å². The van der Waals surface area contributed by atoms with Crippen molar-refractivity contribution in [1.29, 1.82) is 0 Å². The Hall–Kier alpha value is -0.613. The second-order valence-corrected chi connectivity index (χ2v) is 12.2. The monoisotopic (exact) mass is 298 g/mol. The van der Waals surface area contributed by atoms with E-state index in [0.29, 0.717) is 6.42 Å².